The van der Waals surface area contributed by atoms with Crippen LogP contribution in [-0.2, 0) is 4.79 Å². The average Bonchev–Trinajstić information content (AvgIpc) is 3.14. The van der Waals surface area contributed by atoms with Crippen molar-refractivity contribution in [3.8, 4) is 5.75 Å². The molecule has 0 fully saturated rings. The van der Waals surface area contributed by atoms with Gasteiger partial charge < -0.3 is 10.1 Å². The van der Waals surface area contributed by atoms with Crippen molar-refractivity contribution in [2.24, 2.45) is 0 Å². The van der Waals surface area contributed by atoms with Crippen molar-refractivity contribution in [1.29, 1.82) is 0 Å². The summed E-state index contributed by atoms with van der Waals surface area (Å²) in [6.07, 6.45) is 0. The van der Waals surface area contributed by atoms with E-state index in [1.807, 2.05) is 12.1 Å². The molecule has 3 rings (SSSR count). The van der Waals surface area contributed by atoms with Crippen LogP contribution in [0.4, 0.5) is 10.8 Å². The van der Waals surface area contributed by atoms with Crippen molar-refractivity contribution >= 4 is 57.3 Å². The van der Waals surface area contributed by atoms with Crippen LogP contribution in [0, 0.1) is 0 Å². The number of halogens is 1. The molecule has 0 saturated heterocycles. The smallest absolute Gasteiger partial charge is 0.257 e. The molecule has 0 aliphatic carbocycles. The molecule has 28 heavy (non-hydrogen) atoms. The van der Waals surface area contributed by atoms with Crippen molar-refractivity contribution in [3.63, 3.8) is 0 Å². The molecule has 0 atom stereocenters. The molecule has 0 aliphatic heterocycles. The van der Waals surface area contributed by atoms with Crippen molar-refractivity contribution in [1.82, 2.24) is 10.2 Å². The van der Waals surface area contributed by atoms with Crippen molar-refractivity contribution in [2.45, 2.75) is 4.34 Å². The van der Waals surface area contributed by atoms with Gasteiger partial charge in [-0.15, -0.1) is 10.2 Å². The summed E-state index contributed by atoms with van der Waals surface area (Å²) in [7, 11) is 1.54. The van der Waals surface area contributed by atoms with Gasteiger partial charge in [0.2, 0.25) is 11.0 Å². The second-order valence-electron chi connectivity index (χ2n) is 5.37. The lowest BCUT2D eigenvalue weighted by Crippen LogP contribution is -2.14. The van der Waals surface area contributed by atoms with E-state index >= 15 is 0 Å². The Morgan fingerprint density at radius 3 is 2.75 bits per heavy atom. The molecule has 0 spiro atoms. The lowest BCUT2D eigenvalue weighted by atomic mass is 10.2. The first-order chi connectivity index (χ1) is 13.5. The molecule has 3 aromatic rings. The van der Waals surface area contributed by atoms with E-state index < -0.39 is 0 Å². The summed E-state index contributed by atoms with van der Waals surface area (Å²) in [4.78, 5) is 24.3. The van der Waals surface area contributed by atoms with Crippen molar-refractivity contribution < 1.29 is 14.3 Å². The number of carbonyl (C=O) groups is 2. The third-order valence-electron chi connectivity index (χ3n) is 3.42. The molecular weight excluding hydrogens is 420 g/mol. The summed E-state index contributed by atoms with van der Waals surface area (Å²) in [6.45, 7) is 0. The van der Waals surface area contributed by atoms with E-state index in [2.05, 4.69) is 20.8 Å². The van der Waals surface area contributed by atoms with E-state index in [-0.39, 0.29) is 17.6 Å². The molecule has 0 saturated carbocycles. The van der Waals surface area contributed by atoms with E-state index in [9.17, 15) is 9.59 Å². The van der Waals surface area contributed by atoms with Gasteiger partial charge in [0.1, 0.15) is 5.75 Å². The Balaban J connectivity index is 1.53. The first-order valence-corrected chi connectivity index (χ1v) is 10.2. The Labute approximate surface area is 174 Å². The molecule has 7 nitrogen and oxygen atoms in total. The van der Waals surface area contributed by atoms with Crippen molar-refractivity contribution in [2.75, 3.05) is 23.5 Å². The third-order valence-corrected chi connectivity index (χ3v) is 5.63. The van der Waals surface area contributed by atoms with Crippen LogP contribution >= 0.6 is 34.7 Å². The molecule has 0 bridgehead atoms. The highest BCUT2D eigenvalue weighted by molar-refractivity contribution is 8.01. The number of nitrogens with one attached hydrogen (secondary N) is 2. The van der Waals surface area contributed by atoms with Crippen LogP contribution in [0.2, 0.25) is 5.02 Å². The fourth-order valence-corrected chi connectivity index (χ4v) is 3.92. The summed E-state index contributed by atoms with van der Waals surface area (Å²) in [5, 5.41) is 14.2. The van der Waals surface area contributed by atoms with E-state index in [1.165, 1.54) is 23.1 Å². The number of benzene rings is 2. The molecule has 144 valence electrons. The van der Waals surface area contributed by atoms with E-state index in [0.717, 1.165) is 0 Å². The largest absolute Gasteiger partial charge is 0.495 e. The lowest BCUT2D eigenvalue weighted by Gasteiger charge is -2.08. The standard InChI is InChI=1S/C18H15ClN4O3S2/c1-26-14-8-3-2-7-13(14)20-15(24)10-27-18-23-22-17(28-18)21-16(25)11-5-4-6-12(19)9-11/h2-9H,10H2,1H3,(H,20,24)(H,21,22,25). The zero-order valence-electron chi connectivity index (χ0n) is 14.6. The Morgan fingerprint density at radius 1 is 1.14 bits per heavy atom. The Bertz CT molecular complexity index is 996. The maximum Gasteiger partial charge on any atom is 0.257 e. The van der Waals surface area contributed by atoms with Crippen LogP contribution in [0.25, 0.3) is 0 Å². The Morgan fingerprint density at radius 2 is 1.96 bits per heavy atom. The first kappa shape index (κ1) is 20.1. The maximum absolute atomic E-state index is 12.2. The van der Waals surface area contributed by atoms with Crippen LogP contribution in [0.5, 0.6) is 5.75 Å². The predicted molar refractivity (Wildman–Crippen MR) is 112 cm³/mol. The number of methoxy groups -OCH3 is 1. The van der Waals surface area contributed by atoms with Gasteiger partial charge in [-0.3, -0.25) is 14.9 Å². The highest BCUT2D eigenvalue weighted by atomic mass is 35.5. The molecule has 2 N–H and O–H groups in total. The molecule has 0 radical (unpaired) electrons. The number of hydrogen-bond acceptors (Lipinski definition) is 7. The van der Waals surface area contributed by atoms with Crippen LogP contribution in [-0.4, -0.2) is 34.9 Å². The van der Waals surface area contributed by atoms with Gasteiger partial charge in [0, 0.05) is 10.6 Å². The Hall–Kier alpha value is -2.62. The number of anilines is 2. The van der Waals surface area contributed by atoms with Crippen molar-refractivity contribution in [3.05, 3.63) is 59.1 Å². The number of nitrogens with zero attached hydrogens (tertiary/aromatic N) is 2. The lowest BCUT2D eigenvalue weighted by molar-refractivity contribution is -0.113. The summed E-state index contributed by atoms with van der Waals surface area (Å²) >= 11 is 8.30. The molecule has 1 heterocycles. The molecule has 0 aliphatic rings. The summed E-state index contributed by atoms with van der Waals surface area (Å²) in [5.74, 6) is 0.204. The predicted octanol–water partition coefficient (Wildman–Crippen LogP) is 4.18. The maximum atomic E-state index is 12.2. The van der Waals surface area contributed by atoms with E-state index in [0.29, 0.717) is 31.5 Å². The molecular formula is C18H15ClN4O3S2. The third kappa shape index (κ3) is 5.44. The highest BCUT2D eigenvalue weighted by Crippen LogP contribution is 2.27. The van der Waals surface area contributed by atoms with Gasteiger partial charge in [-0.25, -0.2) is 0 Å². The SMILES string of the molecule is COc1ccccc1NC(=O)CSc1nnc(NC(=O)c2cccc(Cl)c2)s1. The highest BCUT2D eigenvalue weighted by Gasteiger charge is 2.13. The number of ether oxygens (including phenoxy) is 1. The number of rotatable bonds is 7. The Kier molecular flexibility index (Phi) is 6.85. The van der Waals surface area contributed by atoms with Gasteiger partial charge in [-0.05, 0) is 30.3 Å². The summed E-state index contributed by atoms with van der Waals surface area (Å²) in [6, 6.07) is 13.8. The summed E-state index contributed by atoms with van der Waals surface area (Å²) < 4.78 is 5.77. The molecule has 0 unspecified atom stereocenters. The number of para-hydroxylation sites is 2. The normalized spacial score (nSPS) is 10.4. The molecule has 1 aromatic heterocycles. The van der Waals surface area contributed by atoms with Gasteiger partial charge in [-0.1, -0.05) is 52.9 Å². The van der Waals surface area contributed by atoms with E-state index in [4.69, 9.17) is 16.3 Å². The minimum atomic E-state index is -0.330. The van der Waals surface area contributed by atoms with Crippen LogP contribution in [0.1, 0.15) is 10.4 Å². The second kappa shape index (κ2) is 9.54. The minimum absolute atomic E-state index is 0.148. The second-order valence-corrected chi connectivity index (χ2v) is 8.01. The number of hydrogen-bond donors (Lipinski definition) is 2. The molecule has 2 aromatic carbocycles. The number of aromatic nitrogens is 2. The number of amides is 2. The monoisotopic (exact) mass is 434 g/mol. The zero-order chi connectivity index (χ0) is 19.9. The molecule has 10 heteroatoms. The summed E-state index contributed by atoms with van der Waals surface area (Å²) in [5.41, 5.74) is 1.02. The number of carbonyl (C=O) groups excluding carboxylic acids is 2. The van der Waals surface area contributed by atoms with Gasteiger partial charge in [0.15, 0.2) is 4.34 Å². The molecule has 2 amide bonds. The topological polar surface area (TPSA) is 93.2 Å². The minimum Gasteiger partial charge on any atom is -0.495 e. The van der Waals surface area contributed by atoms with Crippen LogP contribution in [0.3, 0.4) is 0 Å². The fraction of sp³-hybridized carbons (Fsp3) is 0.111. The zero-order valence-corrected chi connectivity index (χ0v) is 17.0. The van der Waals surface area contributed by atoms with E-state index in [1.54, 1.807) is 43.5 Å². The first-order valence-electron chi connectivity index (χ1n) is 8.01. The number of thioether (sulfide) groups is 1. The average molecular weight is 435 g/mol. The van der Waals surface area contributed by atoms with Gasteiger partial charge in [-0.2, -0.15) is 0 Å². The van der Waals surface area contributed by atoms with Gasteiger partial charge >= 0.3 is 0 Å². The van der Waals surface area contributed by atoms with Crippen LogP contribution in [0.15, 0.2) is 52.9 Å². The van der Waals surface area contributed by atoms with Gasteiger partial charge in [0.05, 0.1) is 18.6 Å². The fourth-order valence-electron chi connectivity index (χ4n) is 2.18. The quantitative estimate of drug-likeness (QED) is 0.428. The van der Waals surface area contributed by atoms with Crippen LogP contribution < -0.4 is 15.4 Å². The van der Waals surface area contributed by atoms with Gasteiger partial charge in [0.25, 0.3) is 5.91 Å².